The van der Waals surface area contributed by atoms with E-state index >= 15 is 0 Å². The van der Waals surface area contributed by atoms with Crippen molar-refractivity contribution in [2.24, 2.45) is 0 Å². The van der Waals surface area contributed by atoms with Crippen LogP contribution in [0.3, 0.4) is 0 Å². The lowest BCUT2D eigenvalue weighted by Gasteiger charge is -2.35. The first-order valence-corrected chi connectivity index (χ1v) is 6.53. The third-order valence-electron chi connectivity index (χ3n) is 2.73. The third-order valence-corrected chi connectivity index (χ3v) is 3.22. The van der Waals surface area contributed by atoms with Gasteiger partial charge in [-0.2, -0.15) is 5.26 Å². The second-order valence-corrected chi connectivity index (χ2v) is 5.58. The third kappa shape index (κ3) is 3.22. The summed E-state index contributed by atoms with van der Waals surface area (Å²) in [6, 6.07) is 7.80. The lowest BCUT2D eigenvalue weighted by Crippen LogP contribution is -2.45. The van der Waals surface area contributed by atoms with E-state index in [1.54, 1.807) is 6.07 Å². The Morgan fingerprint density at radius 1 is 1.39 bits per heavy atom. The average Bonchev–Trinajstić information content (AvgIpc) is 2.34. The highest BCUT2D eigenvalue weighted by atomic mass is 79.9. The molecule has 0 radical (unpaired) electrons. The van der Waals surface area contributed by atoms with Crippen LogP contribution in [0.2, 0.25) is 0 Å². The van der Waals surface area contributed by atoms with E-state index in [1.165, 1.54) is 0 Å². The number of anilines is 1. The van der Waals surface area contributed by atoms with Crippen molar-refractivity contribution in [2.75, 3.05) is 18.5 Å². The molecule has 5 heteroatoms. The fourth-order valence-corrected chi connectivity index (χ4v) is 2.09. The molecule has 1 aliphatic heterocycles. The lowest BCUT2D eigenvalue weighted by molar-refractivity contribution is -0.247. The van der Waals surface area contributed by atoms with Crippen LogP contribution < -0.4 is 5.32 Å². The van der Waals surface area contributed by atoms with E-state index in [4.69, 9.17) is 14.7 Å². The van der Waals surface area contributed by atoms with E-state index in [0.717, 1.165) is 10.2 Å². The molecule has 0 bridgehead atoms. The number of hydrogen-bond acceptors (Lipinski definition) is 4. The molecule has 0 spiro atoms. The molecule has 0 aliphatic carbocycles. The summed E-state index contributed by atoms with van der Waals surface area (Å²) < 4.78 is 12.0. The van der Waals surface area contributed by atoms with Crippen LogP contribution in [0.4, 0.5) is 5.69 Å². The van der Waals surface area contributed by atoms with Gasteiger partial charge in [0.05, 0.1) is 30.5 Å². The normalized spacial score (nSPS) is 19.2. The predicted molar refractivity (Wildman–Crippen MR) is 72.3 cm³/mol. The van der Waals surface area contributed by atoms with Crippen LogP contribution in [-0.4, -0.2) is 25.0 Å². The van der Waals surface area contributed by atoms with Crippen molar-refractivity contribution in [1.29, 1.82) is 5.26 Å². The molecule has 1 aromatic rings. The molecular formula is C13H15BrN2O2. The standard InChI is InChI=1S/C13H15BrN2O2/c1-13(2)17-7-11(8-18-13)16-12-4-3-10(14)5-9(12)6-15/h3-5,11,16H,7-8H2,1-2H3. The molecule has 0 unspecified atom stereocenters. The minimum atomic E-state index is -0.518. The quantitative estimate of drug-likeness (QED) is 0.912. The molecule has 1 saturated heterocycles. The maximum absolute atomic E-state index is 9.08. The summed E-state index contributed by atoms with van der Waals surface area (Å²) in [5.74, 6) is -0.518. The van der Waals surface area contributed by atoms with Gasteiger partial charge in [-0.3, -0.25) is 0 Å². The van der Waals surface area contributed by atoms with Crippen LogP contribution >= 0.6 is 15.9 Å². The largest absolute Gasteiger partial charge is 0.377 e. The number of nitriles is 1. The zero-order valence-electron chi connectivity index (χ0n) is 10.4. The molecule has 0 atom stereocenters. The van der Waals surface area contributed by atoms with Gasteiger partial charge < -0.3 is 14.8 Å². The maximum Gasteiger partial charge on any atom is 0.162 e. The summed E-state index contributed by atoms with van der Waals surface area (Å²) in [6.07, 6.45) is 0. The van der Waals surface area contributed by atoms with Crippen molar-refractivity contribution < 1.29 is 9.47 Å². The molecule has 18 heavy (non-hydrogen) atoms. The number of benzene rings is 1. The minimum absolute atomic E-state index is 0.0614. The molecule has 1 aromatic carbocycles. The average molecular weight is 311 g/mol. The predicted octanol–water partition coefficient (Wildman–Crippen LogP) is 2.88. The molecule has 1 aliphatic rings. The number of halogens is 1. The summed E-state index contributed by atoms with van der Waals surface area (Å²) in [6.45, 7) is 4.91. The van der Waals surface area contributed by atoms with E-state index in [9.17, 15) is 0 Å². The van der Waals surface area contributed by atoms with Gasteiger partial charge in [0.25, 0.3) is 0 Å². The van der Waals surface area contributed by atoms with Crippen molar-refractivity contribution in [2.45, 2.75) is 25.7 Å². The molecule has 96 valence electrons. The van der Waals surface area contributed by atoms with Crippen molar-refractivity contribution >= 4 is 21.6 Å². The number of nitrogens with zero attached hydrogens (tertiary/aromatic N) is 1. The van der Waals surface area contributed by atoms with Crippen LogP contribution in [0.25, 0.3) is 0 Å². The SMILES string of the molecule is CC1(C)OCC(Nc2ccc(Br)cc2C#N)CO1. The van der Waals surface area contributed by atoms with Gasteiger partial charge in [-0.1, -0.05) is 15.9 Å². The smallest absolute Gasteiger partial charge is 0.162 e. The highest BCUT2D eigenvalue weighted by Crippen LogP contribution is 2.23. The van der Waals surface area contributed by atoms with E-state index in [1.807, 2.05) is 26.0 Å². The molecule has 1 fully saturated rings. The summed E-state index contributed by atoms with van der Waals surface area (Å²) >= 11 is 3.35. The summed E-state index contributed by atoms with van der Waals surface area (Å²) in [7, 11) is 0. The van der Waals surface area contributed by atoms with E-state index < -0.39 is 5.79 Å². The van der Waals surface area contributed by atoms with Gasteiger partial charge in [-0.05, 0) is 32.0 Å². The fourth-order valence-electron chi connectivity index (χ4n) is 1.73. The van der Waals surface area contributed by atoms with Crippen LogP contribution in [0, 0.1) is 11.3 Å². The number of rotatable bonds is 2. The Morgan fingerprint density at radius 2 is 2.06 bits per heavy atom. The molecule has 1 heterocycles. The van der Waals surface area contributed by atoms with Crippen LogP contribution in [0.15, 0.2) is 22.7 Å². The highest BCUT2D eigenvalue weighted by molar-refractivity contribution is 9.10. The number of ether oxygens (including phenoxy) is 2. The van der Waals surface area contributed by atoms with Gasteiger partial charge in [0.2, 0.25) is 0 Å². The first-order valence-electron chi connectivity index (χ1n) is 5.74. The van der Waals surface area contributed by atoms with Crippen molar-refractivity contribution in [1.82, 2.24) is 0 Å². The number of nitrogens with one attached hydrogen (secondary N) is 1. The summed E-state index contributed by atoms with van der Waals surface area (Å²) in [5, 5.41) is 12.4. The van der Waals surface area contributed by atoms with Gasteiger partial charge >= 0.3 is 0 Å². The monoisotopic (exact) mass is 310 g/mol. The summed E-state index contributed by atoms with van der Waals surface area (Å²) in [4.78, 5) is 0. The molecule has 2 rings (SSSR count). The molecular weight excluding hydrogens is 296 g/mol. The fraction of sp³-hybridized carbons (Fsp3) is 0.462. The van der Waals surface area contributed by atoms with Gasteiger partial charge in [-0.15, -0.1) is 0 Å². The molecule has 4 nitrogen and oxygen atoms in total. The minimum Gasteiger partial charge on any atom is -0.377 e. The zero-order chi connectivity index (χ0) is 13.2. The van der Waals surface area contributed by atoms with Crippen molar-refractivity contribution in [3.05, 3.63) is 28.2 Å². The Hall–Kier alpha value is -1.09. The second-order valence-electron chi connectivity index (χ2n) is 4.66. The highest BCUT2D eigenvalue weighted by Gasteiger charge is 2.28. The summed E-state index contributed by atoms with van der Waals surface area (Å²) in [5.41, 5.74) is 1.41. The second kappa shape index (κ2) is 5.27. The molecule has 0 aromatic heterocycles. The van der Waals surface area contributed by atoms with Crippen molar-refractivity contribution in [3.8, 4) is 6.07 Å². The molecule has 0 amide bonds. The van der Waals surface area contributed by atoms with Gasteiger partial charge in [-0.25, -0.2) is 0 Å². The molecule has 1 N–H and O–H groups in total. The van der Waals surface area contributed by atoms with Crippen LogP contribution in [0.5, 0.6) is 0 Å². The van der Waals surface area contributed by atoms with Crippen molar-refractivity contribution in [3.63, 3.8) is 0 Å². The molecule has 0 saturated carbocycles. The maximum atomic E-state index is 9.08. The Kier molecular flexibility index (Phi) is 3.91. The van der Waals surface area contributed by atoms with E-state index in [0.29, 0.717) is 18.8 Å². The topological polar surface area (TPSA) is 54.3 Å². The first kappa shape index (κ1) is 13.3. The van der Waals surface area contributed by atoms with Crippen LogP contribution in [0.1, 0.15) is 19.4 Å². The van der Waals surface area contributed by atoms with E-state index in [-0.39, 0.29) is 6.04 Å². The Labute approximate surface area is 115 Å². The Bertz CT molecular complexity index is 472. The zero-order valence-corrected chi connectivity index (χ0v) is 12.0. The number of hydrogen-bond donors (Lipinski definition) is 1. The van der Waals surface area contributed by atoms with Crippen LogP contribution in [-0.2, 0) is 9.47 Å². The van der Waals surface area contributed by atoms with E-state index in [2.05, 4.69) is 27.3 Å². The van der Waals surface area contributed by atoms with Gasteiger partial charge in [0.15, 0.2) is 5.79 Å². The van der Waals surface area contributed by atoms with Gasteiger partial charge in [0.1, 0.15) is 6.07 Å². The Morgan fingerprint density at radius 3 is 2.67 bits per heavy atom. The first-order chi connectivity index (χ1) is 8.50. The Balaban J connectivity index is 2.05. The lowest BCUT2D eigenvalue weighted by atomic mass is 10.1. The van der Waals surface area contributed by atoms with Gasteiger partial charge in [0, 0.05) is 4.47 Å².